The van der Waals surface area contributed by atoms with Crippen molar-refractivity contribution in [1.29, 1.82) is 0 Å². The third-order valence-electron chi connectivity index (χ3n) is 3.84. The highest BCUT2D eigenvalue weighted by atomic mass is 35.5. The van der Waals surface area contributed by atoms with E-state index in [1.54, 1.807) is 48.7 Å². The number of aromatic amines is 1. The van der Waals surface area contributed by atoms with E-state index in [1.807, 2.05) is 6.07 Å². The maximum absolute atomic E-state index is 12.5. The Hall–Kier alpha value is -3.65. The highest BCUT2D eigenvalue weighted by Gasteiger charge is 2.14. The zero-order valence-electron chi connectivity index (χ0n) is 13.9. The molecule has 5 N–H and O–H groups in total. The summed E-state index contributed by atoms with van der Waals surface area (Å²) in [4.78, 5) is 20.5. The van der Waals surface area contributed by atoms with Gasteiger partial charge >= 0.3 is 0 Å². The summed E-state index contributed by atoms with van der Waals surface area (Å²) in [6.07, 6.45) is 1.55. The van der Waals surface area contributed by atoms with Crippen LogP contribution in [0.5, 0.6) is 0 Å². The third-order valence-corrected chi connectivity index (χ3v) is 4.13. The van der Waals surface area contributed by atoms with Gasteiger partial charge in [-0.3, -0.25) is 9.89 Å². The molecule has 0 atom stereocenters. The Morgan fingerprint density at radius 2 is 1.96 bits per heavy atom. The van der Waals surface area contributed by atoms with Gasteiger partial charge in [-0.25, -0.2) is 4.98 Å². The van der Waals surface area contributed by atoms with Crippen LogP contribution in [-0.4, -0.2) is 26.1 Å². The quantitative estimate of drug-likeness (QED) is 0.430. The molecule has 4 rings (SSSR count). The van der Waals surface area contributed by atoms with Crippen molar-refractivity contribution in [1.82, 2.24) is 20.2 Å². The van der Waals surface area contributed by atoms with Gasteiger partial charge in [0, 0.05) is 22.8 Å². The molecule has 2 heterocycles. The first-order valence-corrected chi connectivity index (χ1v) is 8.37. The summed E-state index contributed by atoms with van der Waals surface area (Å²) in [7, 11) is 0. The maximum atomic E-state index is 12.5. The number of benzene rings is 2. The second-order valence-corrected chi connectivity index (χ2v) is 6.08. The fourth-order valence-electron chi connectivity index (χ4n) is 2.63. The molecule has 9 heteroatoms. The van der Waals surface area contributed by atoms with E-state index >= 15 is 0 Å². The van der Waals surface area contributed by atoms with Gasteiger partial charge in [0.25, 0.3) is 5.91 Å². The first-order valence-electron chi connectivity index (χ1n) is 8.00. The van der Waals surface area contributed by atoms with Crippen LogP contribution in [0.4, 0.5) is 23.1 Å². The van der Waals surface area contributed by atoms with E-state index in [4.69, 9.17) is 17.3 Å². The molecule has 0 unspecified atom stereocenters. The topological polar surface area (TPSA) is 122 Å². The van der Waals surface area contributed by atoms with Crippen LogP contribution < -0.4 is 16.4 Å². The summed E-state index contributed by atoms with van der Waals surface area (Å²) in [5, 5.41) is 13.9. The van der Waals surface area contributed by atoms with E-state index in [-0.39, 0.29) is 11.9 Å². The van der Waals surface area contributed by atoms with E-state index in [2.05, 4.69) is 30.8 Å². The largest absolute Gasteiger partial charge is 0.368 e. The molecule has 8 nitrogen and oxygen atoms in total. The first-order chi connectivity index (χ1) is 13.1. The van der Waals surface area contributed by atoms with Crippen molar-refractivity contribution in [2.24, 2.45) is 0 Å². The second-order valence-electron chi connectivity index (χ2n) is 5.70. The van der Waals surface area contributed by atoms with Gasteiger partial charge in [-0.15, -0.1) is 0 Å². The number of amides is 1. The molecular formula is C18H14ClN7O. The number of carbonyl (C=O) groups is 1. The predicted molar refractivity (Wildman–Crippen MR) is 105 cm³/mol. The Bertz CT molecular complexity index is 1130. The Kier molecular flexibility index (Phi) is 4.31. The summed E-state index contributed by atoms with van der Waals surface area (Å²) in [6, 6.07) is 14.1. The molecule has 0 aliphatic heterocycles. The molecular weight excluding hydrogens is 366 g/mol. The number of nitrogen functional groups attached to an aromatic ring is 1. The number of hydrogen-bond acceptors (Lipinski definition) is 6. The average molecular weight is 380 g/mol. The van der Waals surface area contributed by atoms with Gasteiger partial charge < -0.3 is 16.4 Å². The lowest BCUT2D eigenvalue weighted by Gasteiger charge is -2.11. The van der Waals surface area contributed by atoms with Gasteiger partial charge in [0.15, 0.2) is 0 Å². The number of rotatable bonds is 4. The Morgan fingerprint density at radius 3 is 2.74 bits per heavy atom. The number of nitrogens with one attached hydrogen (secondary N) is 3. The van der Waals surface area contributed by atoms with Crippen molar-refractivity contribution in [3.05, 3.63) is 65.4 Å². The lowest BCUT2D eigenvalue weighted by Crippen LogP contribution is -2.12. The summed E-state index contributed by atoms with van der Waals surface area (Å²) in [5.41, 5.74) is 7.87. The molecule has 0 fully saturated rings. The third kappa shape index (κ3) is 3.51. The standard InChI is InChI=1S/C18H14ClN7O/c19-16-12-8-11(22-14-6-7-21-18(20)24-14)9-13(15(12)25-26-16)23-17(27)10-4-2-1-3-5-10/h1-9H,(H,23,27)(H,25,26)(H3,20,21,22,24). The number of carbonyl (C=O) groups excluding carboxylic acids is 1. The van der Waals surface area contributed by atoms with Gasteiger partial charge in [-0.05, 0) is 30.3 Å². The first kappa shape index (κ1) is 16.8. The van der Waals surface area contributed by atoms with E-state index < -0.39 is 0 Å². The Morgan fingerprint density at radius 1 is 1.15 bits per heavy atom. The minimum Gasteiger partial charge on any atom is -0.368 e. The zero-order valence-corrected chi connectivity index (χ0v) is 14.7. The summed E-state index contributed by atoms with van der Waals surface area (Å²) in [5.74, 6) is 0.418. The number of anilines is 4. The maximum Gasteiger partial charge on any atom is 0.255 e. The molecule has 4 aromatic rings. The fourth-order valence-corrected chi connectivity index (χ4v) is 2.82. The van der Waals surface area contributed by atoms with Crippen molar-refractivity contribution in [2.45, 2.75) is 0 Å². The lowest BCUT2D eigenvalue weighted by molar-refractivity contribution is 0.102. The number of aromatic nitrogens is 4. The number of H-pyrrole nitrogens is 1. The molecule has 2 aromatic carbocycles. The van der Waals surface area contributed by atoms with E-state index in [1.165, 1.54) is 0 Å². The van der Waals surface area contributed by atoms with Crippen molar-refractivity contribution < 1.29 is 4.79 Å². The number of halogens is 1. The van der Waals surface area contributed by atoms with Crippen LogP contribution >= 0.6 is 11.6 Å². The SMILES string of the molecule is Nc1nccc(Nc2cc(NC(=O)c3ccccc3)c3n[nH]c(Cl)c3c2)n1. The highest BCUT2D eigenvalue weighted by Crippen LogP contribution is 2.32. The number of fused-ring (bicyclic) bond motifs is 1. The molecule has 0 saturated heterocycles. The predicted octanol–water partition coefficient (Wildman–Crippen LogP) is 3.58. The number of hydrogen-bond donors (Lipinski definition) is 4. The summed E-state index contributed by atoms with van der Waals surface area (Å²) in [6.45, 7) is 0. The smallest absolute Gasteiger partial charge is 0.255 e. The number of nitrogens with two attached hydrogens (primary N) is 1. The summed E-state index contributed by atoms with van der Waals surface area (Å²) < 4.78 is 0. The fraction of sp³-hybridized carbons (Fsp3) is 0. The van der Waals surface area contributed by atoms with E-state index in [0.717, 1.165) is 0 Å². The van der Waals surface area contributed by atoms with Crippen LogP contribution in [0.25, 0.3) is 10.9 Å². The van der Waals surface area contributed by atoms with Crippen LogP contribution in [0.15, 0.2) is 54.7 Å². The van der Waals surface area contributed by atoms with E-state index in [9.17, 15) is 4.79 Å². The molecule has 0 aliphatic carbocycles. The van der Waals surface area contributed by atoms with Crippen molar-refractivity contribution >= 4 is 51.6 Å². The summed E-state index contributed by atoms with van der Waals surface area (Å²) >= 11 is 6.19. The number of nitrogens with zero attached hydrogens (tertiary/aromatic N) is 3. The van der Waals surface area contributed by atoms with Crippen LogP contribution in [0, 0.1) is 0 Å². The zero-order chi connectivity index (χ0) is 18.8. The van der Waals surface area contributed by atoms with Crippen LogP contribution in [0.2, 0.25) is 5.15 Å². The minimum absolute atomic E-state index is 0.153. The Labute approximate surface area is 158 Å². The van der Waals surface area contributed by atoms with Crippen molar-refractivity contribution in [3.63, 3.8) is 0 Å². The van der Waals surface area contributed by atoms with Crippen molar-refractivity contribution in [3.8, 4) is 0 Å². The van der Waals surface area contributed by atoms with Gasteiger partial charge in [0.05, 0.1) is 5.69 Å². The molecule has 0 saturated carbocycles. The lowest BCUT2D eigenvalue weighted by atomic mass is 10.1. The molecule has 0 spiro atoms. The molecule has 27 heavy (non-hydrogen) atoms. The van der Waals surface area contributed by atoms with Crippen LogP contribution in [0.1, 0.15) is 10.4 Å². The Balaban J connectivity index is 1.72. The van der Waals surface area contributed by atoms with Gasteiger partial charge in [0.2, 0.25) is 5.95 Å². The van der Waals surface area contributed by atoms with Crippen molar-refractivity contribution in [2.75, 3.05) is 16.4 Å². The minimum atomic E-state index is -0.251. The molecule has 2 aromatic heterocycles. The monoisotopic (exact) mass is 379 g/mol. The van der Waals surface area contributed by atoms with Crippen LogP contribution in [-0.2, 0) is 0 Å². The van der Waals surface area contributed by atoms with Crippen LogP contribution in [0.3, 0.4) is 0 Å². The normalized spacial score (nSPS) is 10.7. The molecule has 134 valence electrons. The average Bonchev–Trinajstić information content (AvgIpc) is 3.04. The molecule has 0 bridgehead atoms. The van der Waals surface area contributed by atoms with Gasteiger partial charge in [0.1, 0.15) is 16.5 Å². The molecule has 0 aliphatic rings. The van der Waals surface area contributed by atoms with Gasteiger partial charge in [-0.1, -0.05) is 29.8 Å². The molecule has 1 amide bonds. The molecule has 0 radical (unpaired) electrons. The van der Waals surface area contributed by atoms with Gasteiger partial charge in [-0.2, -0.15) is 10.1 Å². The highest BCUT2D eigenvalue weighted by molar-refractivity contribution is 6.35. The van der Waals surface area contributed by atoms with E-state index in [0.29, 0.717) is 38.8 Å². The second kappa shape index (κ2) is 6.93.